The Bertz CT molecular complexity index is 1190. The van der Waals surface area contributed by atoms with Crippen molar-refractivity contribution >= 4 is 39.1 Å². The van der Waals surface area contributed by atoms with Gasteiger partial charge in [0.25, 0.3) is 0 Å². The van der Waals surface area contributed by atoms with E-state index in [0.717, 1.165) is 4.31 Å². The van der Waals surface area contributed by atoms with Gasteiger partial charge in [-0.05, 0) is 53.9 Å². The van der Waals surface area contributed by atoms with Crippen molar-refractivity contribution in [3.63, 3.8) is 0 Å². The maximum Gasteiger partial charge on any atom is 0.244 e. The first-order chi connectivity index (χ1) is 15.2. The third-order valence-corrected chi connectivity index (χ3v) is 7.30. The molecule has 0 aliphatic rings. The minimum absolute atomic E-state index is 0.0247. The van der Waals surface area contributed by atoms with Gasteiger partial charge in [0.2, 0.25) is 15.9 Å². The van der Waals surface area contributed by atoms with E-state index in [-0.39, 0.29) is 28.4 Å². The quantitative estimate of drug-likeness (QED) is 0.486. The van der Waals surface area contributed by atoms with Crippen LogP contribution in [0, 0.1) is 5.82 Å². The van der Waals surface area contributed by atoms with Gasteiger partial charge in [-0.25, -0.2) is 12.8 Å². The van der Waals surface area contributed by atoms with Crippen molar-refractivity contribution in [3.05, 3.63) is 99.8 Å². The van der Waals surface area contributed by atoms with E-state index in [4.69, 9.17) is 23.2 Å². The molecular formula is C23H21Cl2FN2O3S. The number of amides is 1. The maximum absolute atomic E-state index is 14.4. The number of likely N-dealkylation sites (N-methyl/N-ethyl adjacent to an activating group) is 1. The highest BCUT2D eigenvalue weighted by molar-refractivity contribution is 7.89. The lowest BCUT2D eigenvalue weighted by atomic mass is 10.1. The van der Waals surface area contributed by atoms with Crippen LogP contribution in [0.4, 0.5) is 4.39 Å². The Labute approximate surface area is 196 Å². The van der Waals surface area contributed by atoms with Crippen molar-refractivity contribution in [2.45, 2.75) is 17.4 Å². The Kier molecular flexibility index (Phi) is 7.90. The van der Waals surface area contributed by atoms with E-state index in [1.54, 1.807) is 30.3 Å². The first-order valence-electron chi connectivity index (χ1n) is 9.72. The van der Waals surface area contributed by atoms with Gasteiger partial charge in [-0.2, -0.15) is 4.31 Å². The predicted octanol–water partition coefficient (Wildman–Crippen LogP) is 4.85. The monoisotopic (exact) mass is 494 g/mol. The molecule has 1 atom stereocenters. The molecule has 32 heavy (non-hydrogen) atoms. The summed E-state index contributed by atoms with van der Waals surface area (Å²) >= 11 is 11.7. The number of nitrogens with one attached hydrogen (secondary N) is 1. The molecule has 3 aromatic carbocycles. The van der Waals surface area contributed by atoms with Crippen LogP contribution in [0.1, 0.15) is 17.2 Å². The molecule has 0 fully saturated rings. The van der Waals surface area contributed by atoms with E-state index >= 15 is 0 Å². The number of halogens is 3. The summed E-state index contributed by atoms with van der Waals surface area (Å²) in [4.78, 5) is 12.9. The van der Waals surface area contributed by atoms with Crippen LogP contribution in [0.3, 0.4) is 0 Å². The van der Waals surface area contributed by atoms with Crippen molar-refractivity contribution in [2.24, 2.45) is 0 Å². The largest absolute Gasteiger partial charge is 0.357 e. The zero-order valence-electron chi connectivity index (χ0n) is 17.1. The number of carbonyl (C=O) groups excluding carboxylic acids is 1. The van der Waals surface area contributed by atoms with E-state index in [1.165, 1.54) is 49.5 Å². The summed E-state index contributed by atoms with van der Waals surface area (Å²) in [5.74, 6) is -1.05. The third-order valence-electron chi connectivity index (χ3n) is 4.93. The molecule has 0 aromatic heterocycles. The minimum Gasteiger partial charge on any atom is -0.357 e. The molecule has 168 valence electrons. The second-order valence-electron chi connectivity index (χ2n) is 6.98. The van der Waals surface area contributed by atoms with Gasteiger partial charge < -0.3 is 5.32 Å². The molecule has 1 amide bonds. The van der Waals surface area contributed by atoms with Gasteiger partial charge in [0.05, 0.1) is 4.90 Å². The van der Waals surface area contributed by atoms with Crippen molar-refractivity contribution in [1.29, 1.82) is 0 Å². The van der Waals surface area contributed by atoms with E-state index in [9.17, 15) is 17.6 Å². The first kappa shape index (κ1) is 24.2. The predicted molar refractivity (Wildman–Crippen MR) is 124 cm³/mol. The Balaban J connectivity index is 2.08. The third kappa shape index (κ3) is 5.48. The summed E-state index contributed by atoms with van der Waals surface area (Å²) in [6, 6.07) is 17.3. The van der Waals surface area contributed by atoms with Crippen molar-refractivity contribution in [1.82, 2.24) is 9.62 Å². The molecular weight excluding hydrogens is 474 g/mol. The van der Waals surface area contributed by atoms with Crippen molar-refractivity contribution in [3.8, 4) is 0 Å². The van der Waals surface area contributed by atoms with Gasteiger partial charge in [0.1, 0.15) is 11.9 Å². The molecule has 0 spiro atoms. The van der Waals surface area contributed by atoms with Gasteiger partial charge in [0.15, 0.2) is 0 Å². The lowest BCUT2D eigenvalue weighted by Gasteiger charge is -2.30. The average Bonchev–Trinajstić information content (AvgIpc) is 2.78. The summed E-state index contributed by atoms with van der Waals surface area (Å²) in [7, 11) is -2.71. The van der Waals surface area contributed by atoms with Gasteiger partial charge in [-0.3, -0.25) is 4.79 Å². The highest BCUT2D eigenvalue weighted by atomic mass is 35.5. The standard InChI is InChI=1S/C23H21Cl2FN2O3S/c1-27-23(29)22(17-5-3-2-4-6-17)28(14-13-16-7-8-19(25)15-21(16)26)32(30,31)20-11-9-18(24)10-12-20/h2-12,15,22H,13-14H2,1H3,(H,27,29). The molecule has 0 aliphatic heterocycles. The molecule has 0 heterocycles. The number of benzene rings is 3. The number of nitrogens with zero attached hydrogens (tertiary/aromatic N) is 1. The van der Waals surface area contributed by atoms with Crippen molar-refractivity contribution < 1.29 is 17.6 Å². The van der Waals surface area contributed by atoms with E-state index < -0.39 is 27.8 Å². The number of rotatable bonds is 8. The molecule has 5 nitrogen and oxygen atoms in total. The number of hydrogen-bond donors (Lipinski definition) is 1. The van der Waals surface area contributed by atoms with Crippen molar-refractivity contribution in [2.75, 3.05) is 13.6 Å². The fraction of sp³-hybridized carbons (Fsp3) is 0.174. The minimum atomic E-state index is -4.15. The first-order valence-corrected chi connectivity index (χ1v) is 11.9. The smallest absolute Gasteiger partial charge is 0.244 e. The van der Waals surface area contributed by atoms with Crippen LogP contribution in [0.25, 0.3) is 0 Å². The molecule has 1 unspecified atom stereocenters. The lowest BCUT2D eigenvalue weighted by Crippen LogP contribution is -2.43. The van der Waals surface area contributed by atoms with Gasteiger partial charge >= 0.3 is 0 Å². The molecule has 0 saturated heterocycles. The Morgan fingerprint density at radius 1 is 1.00 bits per heavy atom. The molecule has 9 heteroatoms. The van der Waals surface area contributed by atoms with Crippen LogP contribution in [0.2, 0.25) is 10.0 Å². The van der Waals surface area contributed by atoms with Crippen LogP contribution >= 0.6 is 23.2 Å². The summed E-state index contributed by atoms with van der Waals surface area (Å²) in [6.45, 7) is -0.142. The van der Waals surface area contributed by atoms with Crippen LogP contribution in [-0.2, 0) is 21.2 Å². The summed E-state index contributed by atoms with van der Waals surface area (Å²) < 4.78 is 42.7. The highest BCUT2D eigenvalue weighted by Crippen LogP contribution is 2.29. The lowest BCUT2D eigenvalue weighted by molar-refractivity contribution is -0.124. The fourth-order valence-corrected chi connectivity index (χ4v) is 5.17. The van der Waals surface area contributed by atoms with Gasteiger partial charge in [-0.15, -0.1) is 0 Å². The zero-order valence-corrected chi connectivity index (χ0v) is 19.5. The maximum atomic E-state index is 14.4. The molecule has 1 N–H and O–H groups in total. The number of carbonyl (C=O) groups is 1. The normalized spacial score (nSPS) is 12.5. The summed E-state index contributed by atoms with van der Waals surface area (Å²) in [6.07, 6.45) is 0.0378. The average molecular weight is 495 g/mol. The molecule has 3 rings (SSSR count). The number of hydrogen-bond acceptors (Lipinski definition) is 3. The van der Waals surface area contributed by atoms with E-state index in [2.05, 4.69) is 5.32 Å². The summed E-state index contributed by atoms with van der Waals surface area (Å²) in [5.41, 5.74) is 0.774. The van der Waals surface area contributed by atoms with Crippen LogP contribution in [-0.4, -0.2) is 32.2 Å². The van der Waals surface area contributed by atoms with Gasteiger partial charge in [0, 0.05) is 23.6 Å². The Morgan fingerprint density at radius 3 is 2.22 bits per heavy atom. The zero-order chi connectivity index (χ0) is 23.3. The number of sulfonamides is 1. The molecule has 3 aromatic rings. The van der Waals surface area contributed by atoms with E-state index in [0.29, 0.717) is 10.6 Å². The Hall–Kier alpha value is -2.45. The van der Waals surface area contributed by atoms with Crippen LogP contribution in [0.5, 0.6) is 0 Å². The van der Waals surface area contributed by atoms with Crippen LogP contribution in [0.15, 0.2) is 77.7 Å². The summed E-state index contributed by atoms with van der Waals surface area (Å²) in [5, 5.41) is 3.16. The molecule has 0 bridgehead atoms. The molecule has 0 saturated carbocycles. The molecule has 0 radical (unpaired) electrons. The second kappa shape index (κ2) is 10.4. The Morgan fingerprint density at radius 2 is 1.62 bits per heavy atom. The highest BCUT2D eigenvalue weighted by Gasteiger charge is 2.36. The van der Waals surface area contributed by atoms with E-state index in [1.807, 2.05) is 0 Å². The van der Waals surface area contributed by atoms with Gasteiger partial charge in [-0.1, -0.05) is 59.6 Å². The van der Waals surface area contributed by atoms with Crippen LogP contribution < -0.4 is 5.32 Å². The molecule has 0 aliphatic carbocycles. The fourth-order valence-electron chi connectivity index (χ4n) is 3.31. The topological polar surface area (TPSA) is 66.5 Å². The second-order valence-corrected chi connectivity index (χ2v) is 9.75. The SMILES string of the molecule is CNC(=O)C(c1ccccc1)N(CCc1ccc(Cl)cc1F)S(=O)(=O)c1ccc(Cl)cc1.